The number of nitrogens with two attached hydrogens (primary N) is 2. The second-order valence-electron chi connectivity index (χ2n) is 24.2. The summed E-state index contributed by atoms with van der Waals surface area (Å²) in [6.07, 6.45) is 2.59. The fourth-order valence-corrected chi connectivity index (χ4v) is 10.8. The molecule has 0 radical (unpaired) electrons. The third-order valence-corrected chi connectivity index (χ3v) is 15.6. The van der Waals surface area contributed by atoms with Gasteiger partial charge in [0.05, 0.1) is 18.0 Å². The lowest BCUT2D eigenvalue weighted by molar-refractivity contribution is -0.192. The second kappa shape index (κ2) is 36.4. The molecule has 13 N–H and O–H groups in total. The molecule has 0 bridgehead atoms. The first-order valence-electron chi connectivity index (χ1n) is 30.7. The number of urea groups is 1. The number of imide groups is 1. The molecular formula is C63H86F5N11O14. The van der Waals surface area contributed by atoms with Crippen molar-refractivity contribution >= 4 is 65.2 Å². The molecule has 1 aliphatic heterocycles. The zero-order chi connectivity index (χ0) is 69.3. The highest BCUT2D eigenvalue weighted by molar-refractivity contribution is 6.12. The molecule has 0 unspecified atom stereocenters. The molecule has 512 valence electrons. The first kappa shape index (κ1) is 76.7. The molecule has 1 saturated carbocycles. The molecule has 93 heavy (non-hydrogen) atoms. The van der Waals surface area contributed by atoms with Gasteiger partial charge in [-0.25, -0.2) is 23.2 Å². The summed E-state index contributed by atoms with van der Waals surface area (Å²) in [6.45, 7) is 8.85. The van der Waals surface area contributed by atoms with Crippen LogP contribution in [0.4, 0.5) is 26.7 Å². The van der Waals surface area contributed by atoms with Gasteiger partial charge < -0.3 is 68.2 Å². The van der Waals surface area contributed by atoms with Crippen LogP contribution in [0.1, 0.15) is 135 Å². The molecule has 2 aromatic carbocycles. The summed E-state index contributed by atoms with van der Waals surface area (Å²) in [5, 5.41) is 43.6. The Balaban J connectivity index is 0.00000248. The van der Waals surface area contributed by atoms with E-state index in [-0.39, 0.29) is 76.2 Å². The summed E-state index contributed by atoms with van der Waals surface area (Å²) in [4.78, 5) is 140. The Hall–Kier alpha value is -8.80. The number of carboxylic acids is 2. The van der Waals surface area contributed by atoms with Crippen molar-refractivity contribution in [2.75, 3.05) is 32.8 Å². The maximum absolute atomic E-state index is 15.2. The fraction of sp³-hybridized carbons (Fsp3) is 0.540. The summed E-state index contributed by atoms with van der Waals surface area (Å²) >= 11 is 0. The molecule has 2 heterocycles. The van der Waals surface area contributed by atoms with Gasteiger partial charge in [-0.1, -0.05) is 77.8 Å². The standard InChI is InChI=1S/C61H85F2N11O12.C2HF3O2/c1-37(2)53(71-49(76)22-10-7-13-30-73-50(77)25-26-51(73)78)58(83)69-46(21-15-29-67-60(65)86)57(82)70-47(59(84)85)19-11-12-28-66-55(80)41-18-14-20-45(41)68-56(81)44(64)27-31-74(52(79)36-75)54(61(3,4)5)48-32-39(42-33-40(62)23-24-43(42)63)35-72(48)34-38-16-8-6-9-17-38;3-2(4,5)1(6)7/h6,8-9,16-17,23-26,32-33,35,37,41,44-47,53-54,75H,7,10-15,18-22,27-31,34,36,64H2,1-5H3,(H,66,80)(H,68,81)(H,69,83)(H,70,82)(H,71,76)(H,84,85)(H3,65,67,86);(H,6,7)/t41-,44+,45+,46+,47+,53+,54+;/m1./s1. The number of unbranched alkanes of at least 4 members (excludes halogenated alkanes) is 3. The highest BCUT2D eigenvalue weighted by Gasteiger charge is 2.40. The van der Waals surface area contributed by atoms with Gasteiger partial charge in [0.25, 0.3) is 11.8 Å². The third-order valence-electron chi connectivity index (χ3n) is 15.6. The maximum atomic E-state index is 15.2. The first-order chi connectivity index (χ1) is 43.7. The van der Waals surface area contributed by atoms with Gasteiger partial charge in [0.15, 0.2) is 0 Å². The van der Waals surface area contributed by atoms with Crippen LogP contribution < -0.4 is 43.4 Å². The molecule has 7 atom stereocenters. The van der Waals surface area contributed by atoms with E-state index in [0.29, 0.717) is 62.7 Å². The Kier molecular flexibility index (Phi) is 30.0. The fourth-order valence-electron chi connectivity index (χ4n) is 10.8. The van der Waals surface area contributed by atoms with Gasteiger partial charge in [0, 0.05) is 80.4 Å². The number of hydrogen-bond acceptors (Lipinski definition) is 13. The van der Waals surface area contributed by atoms with E-state index in [9.17, 15) is 75.7 Å². The van der Waals surface area contributed by atoms with Crippen LogP contribution in [0, 0.1) is 28.9 Å². The molecule has 10 amide bonds. The zero-order valence-electron chi connectivity index (χ0n) is 52.7. The van der Waals surface area contributed by atoms with E-state index in [0.717, 1.165) is 28.7 Å². The molecular weight excluding hydrogens is 1230 g/mol. The van der Waals surface area contributed by atoms with Gasteiger partial charge in [-0.2, -0.15) is 13.2 Å². The molecule has 2 aliphatic rings. The largest absolute Gasteiger partial charge is 0.490 e. The van der Waals surface area contributed by atoms with Crippen molar-refractivity contribution in [1.82, 2.24) is 46.3 Å². The number of carbonyl (C=O) groups is 11. The van der Waals surface area contributed by atoms with E-state index in [2.05, 4.69) is 31.9 Å². The number of amides is 10. The van der Waals surface area contributed by atoms with E-state index in [1.807, 2.05) is 55.7 Å². The Bertz CT molecular complexity index is 3100. The van der Waals surface area contributed by atoms with Crippen molar-refractivity contribution in [3.8, 4) is 11.1 Å². The van der Waals surface area contributed by atoms with Crippen LogP contribution in [0.15, 0.2) is 72.9 Å². The average Bonchev–Trinajstić information content (AvgIpc) is 1.68. The van der Waals surface area contributed by atoms with Crippen LogP contribution in [-0.2, 0) is 54.5 Å². The number of aliphatic hydroxyl groups is 1. The van der Waals surface area contributed by atoms with Crippen molar-refractivity contribution in [2.45, 2.75) is 167 Å². The van der Waals surface area contributed by atoms with E-state index in [4.69, 9.17) is 21.4 Å². The number of benzene rings is 2. The molecule has 5 rings (SSSR count). The quantitative estimate of drug-likeness (QED) is 0.0224. The number of alkyl halides is 3. The summed E-state index contributed by atoms with van der Waals surface area (Å²) in [7, 11) is 0. The van der Waals surface area contributed by atoms with Gasteiger partial charge >= 0.3 is 24.1 Å². The SMILES string of the molecule is CC(C)[C@H](NC(=O)CCCCCN1C(=O)C=CC1=O)C(=O)N[C@@H](CCCNC(N)=O)C(=O)N[C@@H](CCCCNC(=O)[C@@H]1CCC[C@@H]1NC(=O)[C@@H](N)CCN(C(=O)CO)[C@@H](c1cc(-c2cc(F)ccc2F)cn1Cc1ccccc1)C(C)(C)C)C(=O)O.O=C(O)C(F)(F)F. The van der Waals surface area contributed by atoms with E-state index < -0.39 is 137 Å². The van der Waals surface area contributed by atoms with Crippen LogP contribution in [0.2, 0.25) is 0 Å². The lowest BCUT2D eigenvalue weighted by atomic mass is 9.82. The number of hydrogen-bond donors (Lipinski definition) is 11. The van der Waals surface area contributed by atoms with Gasteiger partial charge in [-0.3, -0.25) is 43.3 Å². The first-order valence-corrected chi connectivity index (χ1v) is 30.7. The smallest absolute Gasteiger partial charge is 0.480 e. The Morgan fingerprint density at radius 2 is 1.39 bits per heavy atom. The average molecular weight is 1320 g/mol. The normalized spacial score (nSPS) is 16.2. The van der Waals surface area contributed by atoms with Crippen LogP contribution in [0.5, 0.6) is 0 Å². The third kappa shape index (κ3) is 24.6. The van der Waals surface area contributed by atoms with Gasteiger partial charge in [0.2, 0.25) is 35.4 Å². The van der Waals surface area contributed by atoms with Crippen molar-refractivity contribution < 1.29 is 90.0 Å². The summed E-state index contributed by atoms with van der Waals surface area (Å²) < 4.78 is 63.3. The molecule has 30 heteroatoms. The number of nitrogens with zero attached hydrogens (tertiary/aromatic N) is 3. The minimum absolute atomic E-state index is 0.0233. The number of carboxylic acid groups (broad SMARTS) is 2. The van der Waals surface area contributed by atoms with Gasteiger partial charge in [0.1, 0.15) is 36.4 Å². The molecule has 0 saturated heterocycles. The number of nitrogens with one attached hydrogen (secondary N) is 6. The van der Waals surface area contributed by atoms with Gasteiger partial charge in [-0.05, 0) is 105 Å². The summed E-state index contributed by atoms with van der Waals surface area (Å²) in [5.74, 6) is -10.7. The van der Waals surface area contributed by atoms with Crippen molar-refractivity contribution in [3.63, 3.8) is 0 Å². The van der Waals surface area contributed by atoms with E-state index in [1.54, 1.807) is 26.1 Å². The lowest BCUT2D eigenvalue weighted by Crippen LogP contribution is -2.57. The number of halogens is 5. The summed E-state index contributed by atoms with van der Waals surface area (Å²) in [5.41, 5.74) is 12.8. The Labute approximate surface area is 535 Å². The molecule has 3 aromatic rings. The number of rotatable bonds is 34. The monoisotopic (exact) mass is 1320 g/mol. The predicted octanol–water partition coefficient (Wildman–Crippen LogP) is 4.44. The topological polar surface area (TPSA) is 384 Å². The van der Waals surface area contributed by atoms with Crippen LogP contribution in [0.25, 0.3) is 11.1 Å². The Morgan fingerprint density at radius 1 is 0.753 bits per heavy atom. The molecule has 1 fully saturated rings. The highest BCUT2D eigenvalue weighted by atomic mass is 19.4. The van der Waals surface area contributed by atoms with Crippen molar-refractivity contribution in [3.05, 3.63) is 95.8 Å². The minimum Gasteiger partial charge on any atom is -0.480 e. The molecule has 0 spiro atoms. The number of aromatic nitrogens is 1. The summed E-state index contributed by atoms with van der Waals surface area (Å²) in [6, 6.07) is 7.25. The van der Waals surface area contributed by atoms with Crippen molar-refractivity contribution in [2.24, 2.45) is 28.7 Å². The molecule has 1 aromatic heterocycles. The number of primary amides is 1. The van der Waals surface area contributed by atoms with Crippen LogP contribution in [0.3, 0.4) is 0 Å². The highest BCUT2D eigenvalue weighted by Crippen LogP contribution is 2.41. The second-order valence-corrected chi connectivity index (χ2v) is 24.2. The van der Waals surface area contributed by atoms with E-state index >= 15 is 4.39 Å². The van der Waals surface area contributed by atoms with Gasteiger partial charge in [-0.15, -0.1) is 0 Å². The lowest BCUT2D eigenvalue weighted by Gasteiger charge is -2.41. The van der Waals surface area contributed by atoms with E-state index in [1.165, 1.54) is 17.1 Å². The number of carbonyl (C=O) groups excluding carboxylic acids is 9. The predicted molar refractivity (Wildman–Crippen MR) is 328 cm³/mol. The van der Waals surface area contributed by atoms with Crippen molar-refractivity contribution in [1.29, 1.82) is 0 Å². The number of aliphatic carboxylic acids is 2. The van der Waals surface area contributed by atoms with Crippen LogP contribution in [-0.4, -0.2) is 164 Å². The minimum atomic E-state index is -5.08. The molecule has 1 aliphatic carbocycles. The number of aliphatic hydroxyl groups excluding tert-OH is 1. The maximum Gasteiger partial charge on any atom is 0.490 e. The Morgan fingerprint density at radius 3 is 1.99 bits per heavy atom. The zero-order valence-corrected chi connectivity index (χ0v) is 52.7. The molecule has 25 nitrogen and oxygen atoms in total. The van der Waals surface area contributed by atoms with Crippen LogP contribution >= 0.6 is 0 Å².